The maximum Gasteiger partial charge on any atom is 0.257 e. The molecular weight excluding hydrogens is 302 g/mol. The molecule has 2 aromatic rings. The van der Waals surface area contributed by atoms with Crippen LogP contribution in [0, 0.1) is 11.8 Å². The van der Waals surface area contributed by atoms with E-state index in [1.54, 1.807) is 18.0 Å². The Morgan fingerprint density at radius 3 is 2.50 bits per heavy atom. The number of hydrogen-bond donors (Lipinski definition) is 0. The van der Waals surface area contributed by atoms with E-state index < -0.39 is 0 Å². The Bertz CT molecular complexity index is 686. The first-order chi connectivity index (χ1) is 11.6. The Balaban J connectivity index is 1.93. The molecule has 5 nitrogen and oxygen atoms in total. The number of methoxy groups -OCH3 is 1. The minimum absolute atomic E-state index is 0.0580. The van der Waals surface area contributed by atoms with E-state index in [1.807, 2.05) is 35.2 Å². The second-order valence-corrected chi connectivity index (χ2v) is 6.84. The number of carbonyl (C=O) groups is 1. The zero-order valence-electron chi connectivity index (χ0n) is 14.6. The average Bonchev–Trinajstić information content (AvgIpc) is 2.98. The molecule has 1 saturated heterocycles. The van der Waals surface area contributed by atoms with E-state index in [1.165, 1.54) is 6.42 Å². The molecule has 0 aliphatic carbocycles. The third kappa shape index (κ3) is 3.36. The highest BCUT2D eigenvalue weighted by atomic mass is 16.5. The molecule has 3 rings (SSSR count). The van der Waals surface area contributed by atoms with Crippen molar-refractivity contribution in [3.63, 3.8) is 0 Å². The van der Waals surface area contributed by atoms with Gasteiger partial charge in [0.05, 0.1) is 29.7 Å². The van der Waals surface area contributed by atoms with E-state index in [9.17, 15) is 4.79 Å². The van der Waals surface area contributed by atoms with Crippen molar-refractivity contribution in [3.8, 4) is 5.69 Å². The van der Waals surface area contributed by atoms with Gasteiger partial charge in [-0.3, -0.25) is 4.79 Å². The molecule has 128 valence electrons. The zero-order chi connectivity index (χ0) is 17.1. The SMILES string of the molecule is COCc1c(C(=O)N2CC(C)CC(C)C2)cnn1-c1ccccc1. The molecule has 1 fully saturated rings. The summed E-state index contributed by atoms with van der Waals surface area (Å²) in [5, 5.41) is 4.45. The number of nitrogens with zero attached hydrogens (tertiary/aromatic N) is 3. The molecule has 0 radical (unpaired) electrons. The minimum atomic E-state index is 0.0580. The molecule has 1 amide bonds. The lowest BCUT2D eigenvalue weighted by molar-refractivity contribution is 0.0618. The third-order valence-electron chi connectivity index (χ3n) is 4.54. The Hall–Kier alpha value is -2.14. The van der Waals surface area contributed by atoms with Crippen LogP contribution in [-0.4, -0.2) is 40.8 Å². The molecule has 1 aromatic carbocycles. The van der Waals surface area contributed by atoms with Crippen molar-refractivity contribution in [2.45, 2.75) is 26.9 Å². The van der Waals surface area contributed by atoms with E-state index in [0.29, 0.717) is 24.0 Å². The Morgan fingerprint density at radius 2 is 1.88 bits per heavy atom. The number of rotatable bonds is 4. The number of para-hydroxylation sites is 1. The average molecular weight is 327 g/mol. The minimum Gasteiger partial charge on any atom is -0.378 e. The smallest absolute Gasteiger partial charge is 0.257 e. The molecule has 0 bridgehead atoms. The summed E-state index contributed by atoms with van der Waals surface area (Å²) in [4.78, 5) is 15.0. The van der Waals surface area contributed by atoms with Gasteiger partial charge in [0.2, 0.25) is 0 Å². The first kappa shape index (κ1) is 16.7. The lowest BCUT2D eigenvalue weighted by atomic mass is 9.91. The molecule has 2 atom stereocenters. The van der Waals surface area contributed by atoms with Crippen molar-refractivity contribution in [2.24, 2.45) is 11.8 Å². The molecule has 0 N–H and O–H groups in total. The molecule has 2 heterocycles. The van der Waals surface area contributed by atoms with Crippen molar-refractivity contribution >= 4 is 5.91 Å². The number of hydrogen-bond acceptors (Lipinski definition) is 3. The summed E-state index contributed by atoms with van der Waals surface area (Å²) >= 11 is 0. The summed E-state index contributed by atoms with van der Waals surface area (Å²) in [6.07, 6.45) is 2.85. The van der Waals surface area contributed by atoms with E-state index in [4.69, 9.17) is 4.74 Å². The molecule has 1 aliphatic heterocycles. The van der Waals surface area contributed by atoms with Crippen LogP contribution in [0.5, 0.6) is 0 Å². The molecule has 2 unspecified atom stereocenters. The lowest BCUT2D eigenvalue weighted by Gasteiger charge is -2.35. The van der Waals surface area contributed by atoms with Crippen LogP contribution < -0.4 is 0 Å². The van der Waals surface area contributed by atoms with Crippen LogP contribution in [0.15, 0.2) is 36.5 Å². The number of ether oxygens (including phenoxy) is 1. The second-order valence-electron chi connectivity index (χ2n) is 6.84. The van der Waals surface area contributed by atoms with Crippen LogP contribution in [0.25, 0.3) is 5.69 Å². The topological polar surface area (TPSA) is 47.4 Å². The van der Waals surface area contributed by atoms with E-state index >= 15 is 0 Å². The molecule has 24 heavy (non-hydrogen) atoms. The Morgan fingerprint density at radius 1 is 1.21 bits per heavy atom. The van der Waals surface area contributed by atoms with Crippen LogP contribution in [0.2, 0.25) is 0 Å². The summed E-state index contributed by atoms with van der Waals surface area (Å²) in [6, 6.07) is 9.84. The van der Waals surface area contributed by atoms with Gasteiger partial charge in [-0.1, -0.05) is 32.0 Å². The molecular formula is C19H25N3O2. The summed E-state index contributed by atoms with van der Waals surface area (Å²) < 4.78 is 7.14. The molecule has 0 spiro atoms. The maximum absolute atomic E-state index is 13.0. The Labute approximate surface area is 143 Å². The highest BCUT2D eigenvalue weighted by Crippen LogP contribution is 2.24. The van der Waals surface area contributed by atoms with Crippen molar-refractivity contribution in [3.05, 3.63) is 47.8 Å². The van der Waals surface area contributed by atoms with Crippen molar-refractivity contribution in [2.75, 3.05) is 20.2 Å². The normalized spacial score (nSPS) is 21.0. The van der Waals surface area contributed by atoms with Crippen LogP contribution in [0.1, 0.15) is 36.3 Å². The lowest BCUT2D eigenvalue weighted by Crippen LogP contribution is -2.42. The van der Waals surface area contributed by atoms with Crippen molar-refractivity contribution < 1.29 is 9.53 Å². The van der Waals surface area contributed by atoms with Crippen molar-refractivity contribution in [1.82, 2.24) is 14.7 Å². The fourth-order valence-corrected chi connectivity index (χ4v) is 3.62. The number of carbonyl (C=O) groups excluding carboxylic acids is 1. The fourth-order valence-electron chi connectivity index (χ4n) is 3.62. The van der Waals surface area contributed by atoms with Gasteiger partial charge in [-0.2, -0.15) is 5.10 Å². The predicted molar refractivity (Wildman–Crippen MR) is 93.1 cm³/mol. The highest BCUT2D eigenvalue weighted by Gasteiger charge is 2.29. The molecule has 1 aliphatic rings. The Kier molecular flexibility index (Phi) is 5.00. The van der Waals surface area contributed by atoms with Crippen LogP contribution >= 0.6 is 0 Å². The molecule has 0 saturated carbocycles. The van der Waals surface area contributed by atoms with Crippen LogP contribution in [-0.2, 0) is 11.3 Å². The fraction of sp³-hybridized carbons (Fsp3) is 0.474. The summed E-state index contributed by atoms with van der Waals surface area (Å²) in [7, 11) is 1.64. The first-order valence-electron chi connectivity index (χ1n) is 8.50. The standard InChI is InChI=1S/C19H25N3O2/c1-14-9-15(2)12-21(11-14)19(23)17-10-20-22(18(17)13-24-3)16-7-5-4-6-8-16/h4-8,10,14-15H,9,11-13H2,1-3H3. The number of aromatic nitrogens is 2. The third-order valence-corrected chi connectivity index (χ3v) is 4.54. The van der Waals surface area contributed by atoms with Gasteiger partial charge in [-0.15, -0.1) is 0 Å². The molecule has 1 aromatic heterocycles. The van der Waals surface area contributed by atoms with Gasteiger partial charge in [0.1, 0.15) is 0 Å². The number of amides is 1. The first-order valence-corrected chi connectivity index (χ1v) is 8.50. The second kappa shape index (κ2) is 7.18. The van der Waals surface area contributed by atoms with E-state index in [2.05, 4.69) is 18.9 Å². The summed E-state index contributed by atoms with van der Waals surface area (Å²) in [5.41, 5.74) is 2.38. The van der Waals surface area contributed by atoms with Crippen LogP contribution in [0.3, 0.4) is 0 Å². The van der Waals surface area contributed by atoms with Gasteiger partial charge in [0.15, 0.2) is 0 Å². The van der Waals surface area contributed by atoms with Gasteiger partial charge in [0, 0.05) is 20.2 Å². The van der Waals surface area contributed by atoms with E-state index in [0.717, 1.165) is 24.5 Å². The highest BCUT2D eigenvalue weighted by molar-refractivity contribution is 5.95. The summed E-state index contributed by atoms with van der Waals surface area (Å²) in [5.74, 6) is 1.13. The number of benzene rings is 1. The maximum atomic E-state index is 13.0. The number of piperidine rings is 1. The largest absolute Gasteiger partial charge is 0.378 e. The summed E-state index contributed by atoms with van der Waals surface area (Å²) in [6.45, 7) is 6.39. The monoisotopic (exact) mass is 327 g/mol. The quantitative estimate of drug-likeness (QED) is 0.867. The molecule has 5 heteroatoms. The van der Waals surface area contributed by atoms with Gasteiger partial charge >= 0.3 is 0 Å². The van der Waals surface area contributed by atoms with Gasteiger partial charge in [-0.05, 0) is 30.4 Å². The van der Waals surface area contributed by atoms with Gasteiger partial charge in [0.25, 0.3) is 5.91 Å². The predicted octanol–water partition coefficient (Wildman–Crippen LogP) is 3.14. The van der Waals surface area contributed by atoms with Gasteiger partial charge in [-0.25, -0.2) is 4.68 Å². The van der Waals surface area contributed by atoms with Crippen LogP contribution in [0.4, 0.5) is 0 Å². The van der Waals surface area contributed by atoms with E-state index in [-0.39, 0.29) is 5.91 Å². The van der Waals surface area contributed by atoms with Crippen molar-refractivity contribution in [1.29, 1.82) is 0 Å². The zero-order valence-corrected chi connectivity index (χ0v) is 14.6. The number of likely N-dealkylation sites (tertiary alicyclic amines) is 1. The van der Waals surface area contributed by atoms with Gasteiger partial charge < -0.3 is 9.64 Å².